The van der Waals surface area contributed by atoms with Gasteiger partial charge in [-0.1, -0.05) is 56.3 Å². The highest BCUT2D eigenvalue weighted by atomic mass is 32.2. The predicted molar refractivity (Wildman–Crippen MR) is 120 cm³/mol. The van der Waals surface area contributed by atoms with Crippen LogP contribution in [0.25, 0.3) is 5.57 Å². The fourth-order valence-electron chi connectivity index (χ4n) is 3.04. The van der Waals surface area contributed by atoms with Crippen LogP contribution in [0.5, 0.6) is 5.75 Å². The smallest absolute Gasteiger partial charge is 0.268 e. The van der Waals surface area contributed by atoms with E-state index in [0.29, 0.717) is 35.4 Å². The van der Waals surface area contributed by atoms with Crippen molar-refractivity contribution in [2.75, 3.05) is 26.9 Å². The average molecular weight is 426 g/mol. The zero-order chi connectivity index (χ0) is 21.5. The van der Waals surface area contributed by atoms with E-state index in [1.54, 1.807) is 7.11 Å². The lowest BCUT2D eigenvalue weighted by molar-refractivity contribution is -0.137. The summed E-state index contributed by atoms with van der Waals surface area (Å²) in [6.45, 7) is 5.36. The summed E-state index contributed by atoms with van der Waals surface area (Å²) in [7, 11) is 1.56. The molecule has 0 aliphatic carbocycles. The van der Waals surface area contributed by atoms with E-state index in [9.17, 15) is 9.59 Å². The number of rotatable bonds is 10. The third kappa shape index (κ3) is 5.32. The van der Waals surface area contributed by atoms with Gasteiger partial charge in [-0.05, 0) is 29.2 Å². The maximum Gasteiger partial charge on any atom is 0.268 e. The number of ether oxygens (including phenoxy) is 2. The lowest BCUT2D eigenvalue weighted by atomic mass is 10.1. The summed E-state index contributed by atoms with van der Waals surface area (Å²) in [6, 6.07) is 17.3. The predicted octanol–water partition coefficient (Wildman–Crippen LogP) is 4.38. The molecule has 5 nitrogen and oxygen atoms in total. The Kier molecular flexibility index (Phi) is 7.71. The van der Waals surface area contributed by atoms with Crippen molar-refractivity contribution in [1.82, 2.24) is 4.90 Å². The van der Waals surface area contributed by atoms with E-state index in [1.807, 2.05) is 54.6 Å². The van der Waals surface area contributed by atoms with E-state index in [-0.39, 0.29) is 18.4 Å². The molecule has 0 saturated carbocycles. The first kappa shape index (κ1) is 22.1. The molecule has 3 rings (SSSR count). The van der Waals surface area contributed by atoms with E-state index in [2.05, 4.69) is 13.8 Å². The third-order valence-corrected chi connectivity index (χ3v) is 5.74. The largest absolute Gasteiger partial charge is 0.493 e. The summed E-state index contributed by atoms with van der Waals surface area (Å²) in [4.78, 5) is 27.9. The Labute approximate surface area is 182 Å². The van der Waals surface area contributed by atoms with Crippen LogP contribution in [0.3, 0.4) is 0 Å². The number of carbonyl (C=O) groups is 2. The van der Waals surface area contributed by atoms with E-state index in [4.69, 9.17) is 9.47 Å². The number of benzene rings is 2. The Balaban J connectivity index is 1.87. The zero-order valence-corrected chi connectivity index (χ0v) is 18.4. The van der Waals surface area contributed by atoms with Crippen LogP contribution in [-0.4, -0.2) is 43.6 Å². The highest BCUT2D eigenvalue weighted by Gasteiger charge is 2.38. The van der Waals surface area contributed by atoms with Crippen molar-refractivity contribution < 1.29 is 19.1 Å². The maximum atomic E-state index is 13.1. The molecular formula is C24H27NO4S. The number of hydrogen-bond donors (Lipinski definition) is 0. The molecule has 6 heteroatoms. The van der Waals surface area contributed by atoms with Gasteiger partial charge < -0.3 is 9.47 Å². The van der Waals surface area contributed by atoms with Crippen molar-refractivity contribution in [1.29, 1.82) is 0 Å². The van der Waals surface area contributed by atoms with Gasteiger partial charge in [0.05, 0.1) is 30.2 Å². The van der Waals surface area contributed by atoms with Crippen LogP contribution in [0, 0.1) is 5.92 Å². The molecule has 0 N–H and O–H groups in total. The van der Waals surface area contributed by atoms with Gasteiger partial charge >= 0.3 is 0 Å². The monoisotopic (exact) mass is 425 g/mol. The van der Waals surface area contributed by atoms with Gasteiger partial charge in [0, 0.05) is 12.9 Å². The molecule has 0 atom stereocenters. The minimum absolute atomic E-state index is 0.239. The molecule has 0 spiro atoms. The Morgan fingerprint density at radius 2 is 1.67 bits per heavy atom. The van der Waals surface area contributed by atoms with Gasteiger partial charge in [-0.2, -0.15) is 0 Å². The summed E-state index contributed by atoms with van der Waals surface area (Å²) in [6.07, 6.45) is 0. The molecule has 30 heavy (non-hydrogen) atoms. The summed E-state index contributed by atoms with van der Waals surface area (Å²) in [5.41, 5.74) is 2.27. The number of thioether (sulfide) groups is 1. The lowest BCUT2D eigenvalue weighted by Crippen LogP contribution is -2.34. The average Bonchev–Trinajstić information content (AvgIpc) is 2.99. The standard InChI is InChI=1S/C24H27NO4S/c1-17(2)15-29-20-11-9-19(10-12-20)21-22(30-16-18-7-5-4-6-8-18)24(27)25(23(21)26)13-14-28-3/h4-12,17H,13-16H2,1-3H3. The first-order valence-electron chi connectivity index (χ1n) is 10.0. The van der Waals surface area contributed by atoms with Crippen molar-refractivity contribution in [2.24, 2.45) is 5.92 Å². The molecule has 0 bridgehead atoms. The summed E-state index contributed by atoms with van der Waals surface area (Å²) >= 11 is 1.40. The molecule has 0 radical (unpaired) electrons. The van der Waals surface area contributed by atoms with E-state index < -0.39 is 0 Å². The first-order chi connectivity index (χ1) is 14.5. The number of hydrogen-bond acceptors (Lipinski definition) is 5. The molecule has 0 fully saturated rings. The van der Waals surface area contributed by atoms with Crippen molar-refractivity contribution in [3.8, 4) is 5.75 Å². The Morgan fingerprint density at radius 3 is 2.30 bits per heavy atom. The second-order valence-electron chi connectivity index (χ2n) is 7.46. The lowest BCUT2D eigenvalue weighted by Gasteiger charge is -2.14. The van der Waals surface area contributed by atoms with Crippen molar-refractivity contribution in [3.05, 3.63) is 70.6 Å². The Bertz CT molecular complexity index is 907. The van der Waals surface area contributed by atoms with Crippen molar-refractivity contribution >= 4 is 29.1 Å². The van der Waals surface area contributed by atoms with Gasteiger partial charge in [-0.3, -0.25) is 14.5 Å². The Morgan fingerprint density at radius 1 is 0.967 bits per heavy atom. The SMILES string of the molecule is COCCN1C(=O)C(SCc2ccccc2)=C(c2ccc(OCC(C)C)cc2)C1=O. The molecule has 2 amide bonds. The van der Waals surface area contributed by atoms with Crippen LogP contribution in [0.15, 0.2) is 59.5 Å². The van der Waals surface area contributed by atoms with Crippen molar-refractivity contribution in [3.63, 3.8) is 0 Å². The minimum Gasteiger partial charge on any atom is -0.493 e. The van der Waals surface area contributed by atoms with Gasteiger partial charge in [0.2, 0.25) is 0 Å². The molecular weight excluding hydrogens is 398 g/mol. The van der Waals surface area contributed by atoms with Gasteiger partial charge in [-0.15, -0.1) is 11.8 Å². The fraction of sp³-hybridized carbons (Fsp3) is 0.333. The summed E-state index contributed by atoms with van der Waals surface area (Å²) in [5.74, 6) is 1.26. The van der Waals surface area contributed by atoms with Crippen LogP contribution in [0.2, 0.25) is 0 Å². The molecule has 1 aliphatic rings. The molecule has 0 aromatic heterocycles. The normalized spacial score (nSPS) is 14.2. The fourth-order valence-corrected chi connectivity index (χ4v) is 4.13. The number of nitrogens with zero attached hydrogens (tertiary/aromatic N) is 1. The van der Waals surface area contributed by atoms with Crippen LogP contribution in [-0.2, 0) is 20.1 Å². The third-order valence-electron chi connectivity index (χ3n) is 4.60. The quantitative estimate of drug-likeness (QED) is 0.529. The van der Waals surface area contributed by atoms with Crippen molar-refractivity contribution in [2.45, 2.75) is 19.6 Å². The summed E-state index contributed by atoms with van der Waals surface area (Å²) in [5, 5.41) is 0. The minimum atomic E-state index is -0.275. The van der Waals surface area contributed by atoms with Crippen LogP contribution >= 0.6 is 11.8 Å². The highest BCUT2D eigenvalue weighted by molar-refractivity contribution is 8.03. The number of amides is 2. The van der Waals surface area contributed by atoms with E-state index in [1.165, 1.54) is 16.7 Å². The van der Waals surface area contributed by atoms with Gasteiger partial charge in [0.15, 0.2) is 0 Å². The first-order valence-corrected chi connectivity index (χ1v) is 11.0. The second-order valence-corrected chi connectivity index (χ2v) is 8.45. The van der Waals surface area contributed by atoms with Crippen LogP contribution in [0.1, 0.15) is 25.0 Å². The molecule has 1 heterocycles. The zero-order valence-electron chi connectivity index (χ0n) is 17.6. The number of imide groups is 1. The number of carbonyl (C=O) groups excluding carboxylic acids is 2. The summed E-state index contributed by atoms with van der Waals surface area (Å²) < 4.78 is 10.8. The topological polar surface area (TPSA) is 55.8 Å². The molecule has 158 valence electrons. The van der Waals surface area contributed by atoms with E-state index >= 15 is 0 Å². The molecule has 1 aliphatic heterocycles. The van der Waals surface area contributed by atoms with Gasteiger partial charge in [-0.25, -0.2) is 0 Å². The molecule has 2 aromatic rings. The molecule has 0 unspecified atom stereocenters. The van der Waals surface area contributed by atoms with Crippen LogP contribution in [0.4, 0.5) is 0 Å². The van der Waals surface area contributed by atoms with Gasteiger partial charge in [0.25, 0.3) is 11.8 Å². The second kappa shape index (κ2) is 10.5. The van der Waals surface area contributed by atoms with Gasteiger partial charge in [0.1, 0.15) is 5.75 Å². The maximum absolute atomic E-state index is 13.1. The van der Waals surface area contributed by atoms with E-state index in [0.717, 1.165) is 16.9 Å². The Hall–Kier alpha value is -2.57. The number of methoxy groups -OCH3 is 1. The molecule has 0 saturated heterocycles. The van der Waals surface area contributed by atoms with Crippen LogP contribution < -0.4 is 4.74 Å². The molecule has 2 aromatic carbocycles. The highest BCUT2D eigenvalue weighted by Crippen LogP contribution is 2.37.